The fourth-order valence-electron chi connectivity index (χ4n) is 6.16. The Labute approximate surface area is 314 Å². The van der Waals surface area contributed by atoms with Gasteiger partial charge < -0.3 is 21.8 Å². The van der Waals surface area contributed by atoms with Gasteiger partial charge in [-0.1, -0.05) is 30.5 Å². The van der Waals surface area contributed by atoms with Crippen molar-refractivity contribution in [2.45, 2.75) is 69.7 Å². The second-order valence-electron chi connectivity index (χ2n) is 13.1. The van der Waals surface area contributed by atoms with Crippen LogP contribution >= 0.6 is 23.4 Å². The van der Waals surface area contributed by atoms with Gasteiger partial charge in [0.2, 0.25) is 0 Å². The lowest BCUT2D eigenvalue weighted by molar-refractivity contribution is 0.0688. The second-order valence-corrected chi connectivity index (χ2v) is 14.9. The molecule has 1 aliphatic rings. The number of hydrogen-bond donors (Lipinski definition) is 2. The van der Waals surface area contributed by atoms with Gasteiger partial charge in [0.25, 0.3) is 18.8 Å². The maximum Gasteiger partial charge on any atom is 0.292 e. The van der Waals surface area contributed by atoms with Crippen LogP contribution in [-0.4, -0.2) is 55.4 Å². The topological polar surface area (TPSA) is 121 Å². The van der Waals surface area contributed by atoms with Gasteiger partial charge in [-0.25, -0.2) is 31.3 Å². The number of nitrogens with zero attached hydrogens (tertiary/aromatic N) is 5. The molecule has 4 N–H and O–H groups in total. The molecule has 2 heterocycles. The number of hydrazone groups is 1. The van der Waals surface area contributed by atoms with Crippen LogP contribution in [-0.2, 0) is 13.0 Å². The van der Waals surface area contributed by atoms with Crippen molar-refractivity contribution in [1.82, 2.24) is 19.9 Å². The Balaban J connectivity index is 1.86. The van der Waals surface area contributed by atoms with E-state index in [2.05, 4.69) is 27.0 Å². The SMILES string of the molecule is CSC(C)(C)C#Cc1ccc(-c2ccc(Cl)c3c(N)nn(CC(F)F)c23)c(C(Cc2cc(F)cc(F)c2)N([O-])/N=C2/C(=C(\N)C(F)F)[C@H](C)CC2(F)F)n1. The zero-order valence-corrected chi connectivity index (χ0v) is 30.7. The maximum absolute atomic E-state index is 15.4. The summed E-state index contributed by atoms with van der Waals surface area (Å²) >= 11 is 7.85. The first kappa shape index (κ1) is 40.7. The summed E-state index contributed by atoms with van der Waals surface area (Å²) in [4.78, 5) is 4.62. The zero-order valence-electron chi connectivity index (χ0n) is 29.1. The van der Waals surface area contributed by atoms with Crippen molar-refractivity contribution in [3.63, 3.8) is 0 Å². The summed E-state index contributed by atoms with van der Waals surface area (Å²) in [5.41, 5.74) is 8.20. The number of anilines is 1. The Bertz CT molecular complexity index is 2180. The van der Waals surface area contributed by atoms with E-state index >= 15 is 8.78 Å². The molecule has 288 valence electrons. The fraction of sp³-hybridized carbons (Fsp3) is 0.361. The van der Waals surface area contributed by atoms with Crippen molar-refractivity contribution in [3.8, 4) is 23.0 Å². The Morgan fingerprint density at radius 1 is 1.13 bits per heavy atom. The highest BCUT2D eigenvalue weighted by molar-refractivity contribution is 8.00. The molecule has 0 bridgehead atoms. The van der Waals surface area contributed by atoms with Crippen molar-refractivity contribution in [2.75, 3.05) is 12.0 Å². The van der Waals surface area contributed by atoms with Crippen molar-refractivity contribution < 1.29 is 35.1 Å². The van der Waals surface area contributed by atoms with Crippen molar-refractivity contribution in [2.24, 2.45) is 16.8 Å². The van der Waals surface area contributed by atoms with Crippen LogP contribution in [0.1, 0.15) is 50.2 Å². The second kappa shape index (κ2) is 15.7. The van der Waals surface area contributed by atoms with E-state index in [1.54, 1.807) is 0 Å². The van der Waals surface area contributed by atoms with Crippen molar-refractivity contribution >= 4 is 45.8 Å². The maximum atomic E-state index is 15.4. The smallest absolute Gasteiger partial charge is 0.292 e. The minimum absolute atomic E-state index is 0.00362. The van der Waals surface area contributed by atoms with Crippen LogP contribution in [0.2, 0.25) is 5.02 Å². The normalized spacial score (nSPS) is 18.1. The van der Waals surface area contributed by atoms with Crippen LogP contribution in [0.15, 0.2) is 58.8 Å². The third-order valence-corrected chi connectivity index (χ3v) is 10.2. The number of allylic oxidation sites excluding steroid dienone is 2. The monoisotopic (exact) mass is 798 g/mol. The Hall–Kier alpha value is -4.53. The minimum Gasteiger partial charge on any atom is -0.741 e. The molecule has 54 heavy (non-hydrogen) atoms. The first-order valence-electron chi connectivity index (χ1n) is 16.2. The standard InChI is InChI=1S/C36H33ClF8N7OS/c1-17-15-36(44,45)32(27(17)29(46)33(42)43)49-52(53)25(13-18-11-19(38)14-20(39)12-18)30-22(6-5-21(48-30)9-10-35(2,3)54-4)23-7-8-24(37)28-31(23)51(16-26(40)41)50-34(28)47/h5-8,11-12,14,17,25-26,33H,13,15-16,46H2,1-4H3,(H2,47,50)/q-1/b29-27-,49-32-/t17-,25?/m1/s1. The number of thioether (sulfide) groups is 1. The summed E-state index contributed by atoms with van der Waals surface area (Å²) in [6, 6.07) is 6.22. The van der Waals surface area contributed by atoms with E-state index in [1.807, 2.05) is 20.1 Å². The number of fused-ring (bicyclic) bond motifs is 1. The van der Waals surface area contributed by atoms with Gasteiger partial charge in [0.1, 0.15) is 29.6 Å². The predicted octanol–water partition coefficient (Wildman–Crippen LogP) is 8.96. The van der Waals surface area contributed by atoms with E-state index in [9.17, 15) is 31.5 Å². The molecule has 4 aromatic rings. The van der Waals surface area contributed by atoms with Gasteiger partial charge in [0, 0.05) is 29.2 Å². The Kier molecular flexibility index (Phi) is 11.8. The van der Waals surface area contributed by atoms with Gasteiger partial charge in [-0.05, 0) is 74.3 Å². The summed E-state index contributed by atoms with van der Waals surface area (Å²) in [6.45, 7) is 3.95. The van der Waals surface area contributed by atoms with E-state index in [0.717, 1.165) is 16.8 Å². The van der Waals surface area contributed by atoms with Gasteiger partial charge in [0.05, 0.1) is 38.1 Å². The highest BCUT2D eigenvalue weighted by Gasteiger charge is 2.50. The first-order chi connectivity index (χ1) is 25.2. The van der Waals surface area contributed by atoms with Gasteiger partial charge in [-0.2, -0.15) is 19.0 Å². The van der Waals surface area contributed by atoms with Crippen LogP contribution < -0.4 is 11.5 Å². The predicted molar refractivity (Wildman–Crippen MR) is 194 cm³/mol. The van der Waals surface area contributed by atoms with Crippen LogP contribution in [0.25, 0.3) is 22.0 Å². The molecule has 1 aliphatic carbocycles. The number of hydroxylamine groups is 1. The number of benzene rings is 2. The number of aromatic nitrogens is 3. The quantitative estimate of drug-likeness (QED) is 0.0934. The number of pyridine rings is 1. The zero-order chi connectivity index (χ0) is 39.9. The number of alkyl halides is 6. The number of hydrogen-bond acceptors (Lipinski definition) is 8. The van der Waals surface area contributed by atoms with Crippen LogP contribution in [0, 0.1) is 34.6 Å². The fourth-order valence-corrected chi connectivity index (χ4v) is 6.56. The van der Waals surface area contributed by atoms with E-state index in [4.69, 9.17) is 23.1 Å². The lowest BCUT2D eigenvalue weighted by Crippen LogP contribution is -2.30. The molecule has 2 aromatic heterocycles. The molecule has 0 radical (unpaired) electrons. The van der Waals surface area contributed by atoms with Crippen LogP contribution in [0.3, 0.4) is 0 Å². The lowest BCUT2D eigenvalue weighted by atomic mass is 9.94. The van der Waals surface area contributed by atoms with Gasteiger partial charge in [-0.3, -0.25) is 4.68 Å². The summed E-state index contributed by atoms with van der Waals surface area (Å²) in [7, 11) is 0. The average Bonchev–Trinajstić information content (AvgIpc) is 3.52. The van der Waals surface area contributed by atoms with Crippen LogP contribution in [0.5, 0.6) is 0 Å². The summed E-state index contributed by atoms with van der Waals surface area (Å²) in [6.07, 6.45) is -6.07. The summed E-state index contributed by atoms with van der Waals surface area (Å²) < 4.78 is 115. The number of nitrogen functional groups attached to an aromatic ring is 1. The number of nitrogens with two attached hydrogens (primary N) is 2. The number of halogens is 9. The van der Waals surface area contributed by atoms with Crippen molar-refractivity contribution in [3.05, 3.63) is 92.6 Å². The molecule has 1 saturated carbocycles. The molecule has 2 atom stereocenters. The lowest BCUT2D eigenvalue weighted by Gasteiger charge is -2.36. The van der Waals surface area contributed by atoms with Crippen molar-refractivity contribution in [1.29, 1.82) is 0 Å². The largest absolute Gasteiger partial charge is 0.741 e. The molecule has 0 saturated heterocycles. The molecule has 2 aromatic carbocycles. The third kappa shape index (κ3) is 8.55. The van der Waals surface area contributed by atoms with E-state index in [-0.39, 0.29) is 55.0 Å². The highest BCUT2D eigenvalue weighted by atomic mass is 35.5. The Morgan fingerprint density at radius 3 is 2.39 bits per heavy atom. The molecule has 1 unspecified atom stereocenters. The molecule has 18 heteroatoms. The summed E-state index contributed by atoms with van der Waals surface area (Å²) in [5, 5.41) is 21.9. The number of rotatable bonds is 10. The van der Waals surface area contributed by atoms with E-state index < -0.39 is 83.5 Å². The van der Waals surface area contributed by atoms with Crippen LogP contribution in [0.4, 0.5) is 40.9 Å². The molecule has 8 nitrogen and oxygen atoms in total. The molecule has 0 amide bonds. The van der Waals surface area contributed by atoms with Gasteiger partial charge in [-0.15, -0.1) is 11.8 Å². The molecule has 0 aliphatic heterocycles. The molecular formula is C36H33ClF8N7OS-. The van der Waals surface area contributed by atoms with E-state index in [1.165, 1.54) is 43.0 Å². The van der Waals surface area contributed by atoms with Gasteiger partial charge >= 0.3 is 0 Å². The molecule has 5 rings (SSSR count). The Morgan fingerprint density at radius 2 is 1.78 bits per heavy atom. The first-order valence-corrected chi connectivity index (χ1v) is 17.8. The average molecular weight is 799 g/mol. The molecule has 1 fully saturated rings. The van der Waals surface area contributed by atoms with Gasteiger partial charge in [0.15, 0.2) is 5.82 Å². The highest BCUT2D eigenvalue weighted by Crippen LogP contribution is 2.44. The molecule has 0 spiro atoms. The third-order valence-electron chi connectivity index (χ3n) is 8.73. The molecular weight excluding hydrogens is 766 g/mol. The summed E-state index contributed by atoms with van der Waals surface area (Å²) in [5.74, 6) is -1.45. The minimum atomic E-state index is -3.89. The van der Waals surface area contributed by atoms with E-state index in [0.29, 0.717) is 6.07 Å².